The minimum absolute atomic E-state index is 0.205. The van der Waals surface area contributed by atoms with Gasteiger partial charge in [-0.3, -0.25) is 0 Å². The lowest BCUT2D eigenvalue weighted by atomic mass is 9.76. The molecule has 1 saturated carbocycles. The van der Waals surface area contributed by atoms with Crippen LogP contribution in [0.1, 0.15) is 32.6 Å². The molecule has 2 N–H and O–H groups in total. The number of hydrogen-bond donors (Lipinski definition) is 2. The molecule has 0 unspecified atom stereocenters. The molecule has 4 heteroatoms. The van der Waals surface area contributed by atoms with Crippen LogP contribution >= 0.6 is 23.2 Å². The number of hydrogen-bond acceptors (Lipinski definition) is 2. The fourth-order valence-electron chi connectivity index (χ4n) is 3.01. The van der Waals surface area contributed by atoms with Gasteiger partial charge in [-0.15, -0.1) is 0 Å². The quantitative estimate of drug-likeness (QED) is 0.716. The number of halogens is 2. The average molecular weight is 285 g/mol. The largest absolute Gasteiger partial charge is 0.381 e. The van der Waals surface area contributed by atoms with Gasteiger partial charge in [0, 0.05) is 6.54 Å². The summed E-state index contributed by atoms with van der Waals surface area (Å²) < 4.78 is 0. The van der Waals surface area contributed by atoms with Crippen LogP contribution in [0.5, 0.6) is 0 Å². The third-order valence-electron chi connectivity index (χ3n) is 4.31. The zero-order chi connectivity index (χ0) is 12.8. The highest BCUT2D eigenvalue weighted by Crippen LogP contribution is 2.42. The van der Waals surface area contributed by atoms with Crippen molar-refractivity contribution >= 4 is 34.6 Å². The van der Waals surface area contributed by atoms with E-state index in [1.165, 1.54) is 25.7 Å². The van der Waals surface area contributed by atoms with E-state index in [9.17, 15) is 0 Å². The van der Waals surface area contributed by atoms with Crippen LogP contribution < -0.4 is 10.6 Å². The van der Waals surface area contributed by atoms with Crippen molar-refractivity contribution in [1.82, 2.24) is 0 Å². The molecule has 1 aliphatic heterocycles. The lowest BCUT2D eigenvalue weighted by molar-refractivity contribution is 0.274. The summed E-state index contributed by atoms with van der Waals surface area (Å²) in [5.74, 6) is 0.854. The third kappa shape index (κ3) is 2.17. The summed E-state index contributed by atoms with van der Waals surface area (Å²) in [6.45, 7) is 3.32. The zero-order valence-electron chi connectivity index (χ0n) is 10.5. The molecular weight excluding hydrogens is 267 g/mol. The lowest BCUT2D eigenvalue weighted by Gasteiger charge is -2.44. The summed E-state index contributed by atoms with van der Waals surface area (Å²) >= 11 is 12.1. The first-order valence-corrected chi connectivity index (χ1v) is 7.35. The van der Waals surface area contributed by atoms with E-state index in [0.717, 1.165) is 23.8 Å². The minimum atomic E-state index is 0.205. The Hall–Kier alpha value is -0.600. The molecule has 0 atom stereocenters. The summed E-state index contributed by atoms with van der Waals surface area (Å²) in [7, 11) is 0. The van der Waals surface area contributed by atoms with Gasteiger partial charge in [0.2, 0.25) is 0 Å². The summed E-state index contributed by atoms with van der Waals surface area (Å²) in [6.07, 6.45) is 5.04. The van der Waals surface area contributed by atoms with Crippen molar-refractivity contribution in [3.63, 3.8) is 0 Å². The Morgan fingerprint density at radius 3 is 2.39 bits per heavy atom. The van der Waals surface area contributed by atoms with Crippen LogP contribution in [0, 0.1) is 5.92 Å². The highest BCUT2D eigenvalue weighted by atomic mass is 35.5. The highest BCUT2D eigenvalue weighted by molar-refractivity contribution is 6.42. The standard InChI is InChI=1S/C14H18Cl2N2/c1-9-2-4-14(5-3-9)8-17-12-6-10(15)11(16)7-13(12)18-14/h6-7,9,17-18H,2-5,8H2,1H3. The Bertz CT molecular complexity index is 465. The number of anilines is 2. The van der Waals surface area contributed by atoms with Gasteiger partial charge in [0.05, 0.1) is 27.0 Å². The molecule has 1 fully saturated rings. The molecule has 1 spiro atoms. The van der Waals surface area contributed by atoms with E-state index in [2.05, 4.69) is 17.6 Å². The van der Waals surface area contributed by atoms with Gasteiger partial charge in [0.1, 0.15) is 0 Å². The predicted octanol–water partition coefficient (Wildman–Crippen LogP) is 4.78. The monoisotopic (exact) mass is 284 g/mol. The fourth-order valence-corrected chi connectivity index (χ4v) is 3.33. The van der Waals surface area contributed by atoms with E-state index in [1.807, 2.05) is 12.1 Å². The van der Waals surface area contributed by atoms with Gasteiger partial charge in [0.25, 0.3) is 0 Å². The van der Waals surface area contributed by atoms with Crippen molar-refractivity contribution in [1.29, 1.82) is 0 Å². The van der Waals surface area contributed by atoms with E-state index >= 15 is 0 Å². The molecule has 3 rings (SSSR count). The second-order valence-electron chi connectivity index (χ2n) is 5.75. The molecule has 0 saturated heterocycles. The van der Waals surface area contributed by atoms with Crippen LogP contribution in [0.25, 0.3) is 0 Å². The lowest BCUT2D eigenvalue weighted by Crippen LogP contribution is -2.49. The van der Waals surface area contributed by atoms with Crippen LogP contribution in [-0.2, 0) is 0 Å². The summed E-state index contributed by atoms with van der Waals surface area (Å²) in [5.41, 5.74) is 2.36. The van der Waals surface area contributed by atoms with Gasteiger partial charge in [-0.25, -0.2) is 0 Å². The van der Waals surface area contributed by atoms with E-state index in [1.54, 1.807) is 0 Å². The van der Waals surface area contributed by atoms with Crippen molar-refractivity contribution in [3.05, 3.63) is 22.2 Å². The van der Waals surface area contributed by atoms with Crippen molar-refractivity contribution in [3.8, 4) is 0 Å². The summed E-state index contributed by atoms with van der Waals surface area (Å²) in [6, 6.07) is 3.84. The first-order valence-electron chi connectivity index (χ1n) is 6.59. The van der Waals surface area contributed by atoms with E-state index in [4.69, 9.17) is 23.2 Å². The zero-order valence-corrected chi connectivity index (χ0v) is 12.0. The molecule has 0 bridgehead atoms. The molecule has 0 amide bonds. The Morgan fingerprint density at radius 2 is 1.72 bits per heavy atom. The van der Waals surface area contributed by atoms with Crippen LogP contribution in [0.3, 0.4) is 0 Å². The summed E-state index contributed by atoms with van der Waals surface area (Å²) in [4.78, 5) is 0. The Balaban J connectivity index is 1.86. The first-order chi connectivity index (χ1) is 8.58. The normalized spacial score (nSPS) is 30.5. The third-order valence-corrected chi connectivity index (χ3v) is 5.03. The van der Waals surface area contributed by atoms with Gasteiger partial charge in [-0.05, 0) is 43.7 Å². The van der Waals surface area contributed by atoms with Crippen molar-refractivity contribution in [2.75, 3.05) is 17.2 Å². The second kappa shape index (κ2) is 4.50. The van der Waals surface area contributed by atoms with Crippen LogP contribution in [0.15, 0.2) is 12.1 Å². The molecule has 18 heavy (non-hydrogen) atoms. The van der Waals surface area contributed by atoms with Gasteiger partial charge in [-0.1, -0.05) is 30.1 Å². The molecule has 1 heterocycles. The maximum atomic E-state index is 6.10. The number of rotatable bonds is 0. The minimum Gasteiger partial charge on any atom is -0.381 e. The van der Waals surface area contributed by atoms with Gasteiger partial charge in [-0.2, -0.15) is 0 Å². The molecule has 98 valence electrons. The molecule has 0 aromatic heterocycles. The van der Waals surface area contributed by atoms with Gasteiger partial charge in [0.15, 0.2) is 0 Å². The van der Waals surface area contributed by atoms with Crippen molar-refractivity contribution in [2.45, 2.75) is 38.1 Å². The number of fused-ring (bicyclic) bond motifs is 1. The predicted molar refractivity (Wildman–Crippen MR) is 78.9 cm³/mol. The topological polar surface area (TPSA) is 24.1 Å². The summed E-state index contributed by atoms with van der Waals surface area (Å²) in [5, 5.41) is 8.42. The Labute approximate surface area is 118 Å². The molecule has 2 aliphatic rings. The first kappa shape index (κ1) is 12.4. The van der Waals surface area contributed by atoms with Gasteiger partial charge >= 0.3 is 0 Å². The number of nitrogens with one attached hydrogen (secondary N) is 2. The van der Waals surface area contributed by atoms with Crippen molar-refractivity contribution < 1.29 is 0 Å². The van der Waals surface area contributed by atoms with Crippen LogP contribution in [-0.4, -0.2) is 12.1 Å². The van der Waals surface area contributed by atoms with Crippen LogP contribution in [0.4, 0.5) is 11.4 Å². The van der Waals surface area contributed by atoms with E-state index in [-0.39, 0.29) is 5.54 Å². The molecule has 0 radical (unpaired) electrons. The molecule has 1 aromatic rings. The van der Waals surface area contributed by atoms with E-state index < -0.39 is 0 Å². The average Bonchev–Trinajstić information content (AvgIpc) is 2.36. The molecule has 2 nitrogen and oxygen atoms in total. The SMILES string of the molecule is CC1CCC2(CC1)CNc1cc(Cl)c(Cl)cc1N2. The van der Waals surface area contributed by atoms with Gasteiger partial charge < -0.3 is 10.6 Å². The smallest absolute Gasteiger partial charge is 0.0614 e. The number of benzene rings is 1. The van der Waals surface area contributed by atoms with Crippen LogP contribution in [0.2, 0.25) is 10.0 Å². The second-order valence-corrected chi connectivity index (χ2v) is 6.57. The highest BCUT2D eigenvalue weighted by Gasteiger charge is 2.37. The Morgan fingerprint density at radius 1 is 1.11 bits per heavy atom. The van der Waals surface area contributed by atoms with E-state index in [0.29, 0.717) is 10.0 Å². The molecule has 1 aliphatic carbocycles. The van der Waals surface area contributed by atoms with Crippen molar-refractivity contribution in [2.24, 2.45) is 5.92 Å². The molecule has 1 aromatic carbocycles. The fraction of sp³-hybridized carbons (Fsp3) is 0.571. The Kier molecular flexibility index (Phi) is 3.11. The maximum Gasteiger partial charge on any atom is 0.0614 e. The maximum absolute atomic E-state index is 6.10. The molecular formula is C14H18Cl2N2.